The number of hydrogen-bond donors (Lipinski definition) is 1. The average Bonchev–Trinajstić information content (AvgIpc) is 2.82. The van der Waals surface area contributed by atoms with Gasteiger partial charge in [-0.1, -0.05) is 37.1 Å². The van der Waals surface area contributed by atoms with Crippen molar-refractivity contribution in [2.24, 2.45) is 5.92 Å². The van der Waals surface area contributed by atoms with Crippen LogP contribution in [0.15, 0.2) is 24.3 Å². The summed E-state index contributed by atoms with van der Waals surface area (Å²) in [6.45, 7) is 6.84. The van der Waals surface area contributed by atoms with Crippen molar-refractivity contribution in [3.8, 4) is 0 Å². The van der Waals surface area contributed by atoms with Gasteiger partial charge < -0.3 is 5.32 Å². The van der Waals surface area contributed by atoms with Crippen molar-refractivity contribution >= 4 is 0 Å². The van der Waals surface area contributed by atoms with E-state index in [1.165, 1.54) is 36.8 Å². The lowest BCUT2D eigenvalue weighted by molar-refractivity contribution is 0.352. The van der Waals surface area contributed by atoms with E-state index >= 15 is 0 Å². The van der Waals surface area contributed by atoms with Gasteiger partial charge in [0.2, 0.25) is 0 Å². The fourth-order valence-corrected chi connectivity index (χ4v) is 3.15. The summed E-state index contributed by atoms with van der Waals surface area (Å²) in [6, 6.07) is 9.81. The van der Waals surface area contributed by atoms with E-state index in [1.807, 2.05) is 0 Å². The highest BCUT2D eigenvalue weighted by Crippen LogP contribution is 2.29. The van der Waals surface area contributed by atoms with Crippen LogP contribution in [0.1, 0.15) is 56.7 Å². The molecule has 1 heteroatoms. The monoisotopic (exact) mass is 231 g/mol. The number of hydrogen-bond acceptors (Lipinski definition) is 1. The topological polar surface area (TPSA) is 12.0 Å². The number of nitrogens with one attached hydrogen (secondary N) is 1. The second-order valence-corrected chi connectivity index (χ2v) is 5.58. The summed E-state index contributed by atoms with van der Waals surface area (Å²) < 4.78 is 0. The Morgan fingerprint density at radius 1 is 1.12 bits per heavy atom. The van der Waals surface area contributed by atoms with Gasteiger partial charge in [0, 0.05) is 12.1 Å². The van der Waals surface area contributed by atoms with Crippen LogP contribution < -0.4 is 5.32 Å². The quantitative estimate of drug-likeness (QED) is 0.818. The first kappa shape index (κ1) is 12.6. The summed E-state index contributed by atoms with van der Waals surface area (Å²) in [7, 11) is 0. The smallest absolute Gasteiger partial charge is 0.0296 e. The van der Waals surface area contributed by atoms with E-state index < -0.39 is 0 Å². The molecule has 1 saturated carbocycles. The predicted molar refractivity (Wildman–Crippen MR) is 74.1 cm³/mol. The van der Waals surface area contributed by atoms with Gasteiger partial charge in [-0.15, -0.1) is 0 Å². The van der Waals surface area contributed by atoms with Gasteiger partial charge in [-0.05, 0) is 50.7 Å². The Labute approximate surface area is 106 Å². The summed E-state index contributed by atoms with van der Waals surface area (Å²) in [6.07, 6.45) is 5.67. The fourth-order valence-electron chi connectivity index (χ4n) is 3.15. The third-order valence-corrected chi connectivity index (χ3v) is 4.27. The fraction of sp³-hybridized carbons (Fsp3) is 0.625. The molecule has 0 aliphatic heterocycles. The van der Waals surface area contributed by atoms with Crippen LogP contribution in [0.4, 0.5) is 0 Å². The first-order chi connectivity index (χ1) is 8.18. The number of benzene rings is 1. The van der Waals surface area contributed by atoms with Crippen LogP contribution in [0.25, 0.3) is 0 Å². The highest BCUT2D eigenvalue weighted by atomic mass is 14.9. The molecule has 1 nitrogen and oxygen atoms in total. The Hall–Kier alpha value is -0.820. The van der Waals surface area contributed by atoms with E-state index in [4.69, 9.17) is 0 Å². The molecule has 2 atom stereocenters. The molecular formula is C16H25N. The van der Waals surface area contributed by atoms with Crippen LogP contribution in [-0.2, 0) is 0 Å². The second kappa shape index (κ2) is 5.68. The van der Waals surface area contributed by atoms with Gasteiger partial charge in [0.15, 0.2) is 0 Å². The van der Waals surface area contributed by atoms with Crippen molar-refractivity contribution in [3.05, 3.63) is 35.4 Å². The van der Waals surface area contributed by atoms with Crippen LogP contribution in [0.5, 0.6) is 0 Å². The Morgan fingerprint density at radius 3 is 2.41 bits per heavy atom. The molecule has 1 aromatic carbocycles. The zero-order chi connectivity index (χ0) is 12.3. The first-order valence-corrected chi connectivity index (χ1v) is 7.00. The molecule has 1 aliphatic carbocycles. The molecule has 17 heavy (non-hydrogen) atoms. The van der Waals surface area contributed by atoms with E-state index in [0.717, 1.165) is 5.92 Å². The van der Waals surface area contributed by atoms with Crippen molar-refractivity contribution in [1.29, 1.82) is 0 Å². The molecule has 1 aliphatic rings. The van der Waals surface area contributed by atoms with E-state index in [1.54, 1.807) is 0 Å². The molecule has 94 valence electrons. The molecule has 0 radical (unpaired) electrons. The van der Waals surface area contributed by atoms with E-state index in [2.05, 4.69) is 50.4 Å². The van der Waals surface area contributed by atoms with Crippen molar-refractivity contribution in [3.63, 3.8) is 0 Å². The maximum Gasteiger partial charge on any atom is 0.0296 e. The molecule has 2 rings (SSSR count). The van der Waals surface area contributed by atoms with Crippen LogP contribution in [0.2, 0.25) is 0 Å². The Bertz CT molecular complexity index is 352. The molecule has 0 heterocycles. The largest absolute Gasteiger partial charge is 0.307 e. The molecular weight excluding hydrogens is 206 g/mol. The predicted octanol–water partition coefficient (Wildman–Crippen LogP) is 4.22. The van der Waals surface area contributed by atoms with Crippen molar-refractivity contribution < 1.29 is 0 Å². The van der Waals surface area contributed by atoms with Crippen molar-refractivity contribution in [2.45, 2.75) is 58.5 Å². The highest BCUT2D eigenvalue weighted by Gasteiger charge is 2.22. The lowest BCUT2D eigenvalue weighted by atomic mass is 9.96. The van der Waals surface area contributed by atoms with E-state index in [0.29, 0.717) is 12.1 Å². The molecule has 0 amide bonds. The zero-order valence-electron chi connectivity index (χ0n) is 11.4. The number of rotatable bonds is 4. The van der Waals surface area contributed by atoms with Crippen molar-refractivity contribution in [2.75, 3.05) is 0 Å². The third kappa shape index (κ3) is 3.10. The van der Waals surface area contributed by atoms with Gasteiger partial charge in [-0.2, -0.15) is 0 Å². The van der Waals surface area contributed by atoms with Gasteiger partial charge in [0.1, 0.15) is 0 Å². The molecule has 0 aromatic heterocycles. The standard InChI is InChI=1S/C16H25N/c1-12-8-4-7-11-16(12)14(3)17-13(2)15-9-5-6-10-15/h4,7-8,11,13-15,17H,5-6,9-10H2,1-3H3/t13-,14?/m0/s1. The number of aryl methyl sites for hydroxylation is 1. The van der Waals surface area contributed by atoms with Crippen LogP contribution in [-0.4, -0.2) is 6.04 Å². The zero-order valence-corrected chi connectivity index (χ0v) is 11.4. The molecule has 1 unspecified atom stereocenters. The highest BCUT2D eigenvalue weighted by molar-refractivity contribution is 5.28. The van der Waals surface area contributed by atoms with Gasteiger partial charge in [0.25, 0.3) is 0 Å². The minimum atomic E-state index is 0.465. The maximum atomic E-state index is 3.78. The summed E-state index contributed by atoms with van der Waals surface area (Å²) in [5.41, 5.74) is 2.84. The average molecular weight is 231 g/mol. The summed E-state index contributed by atoms with van der Waals surface area (Å²) in [5.74, 6) is 0.890. The van der Waals surface area contributed by atoms with Crippen LogP contribution >= 0.6 is 0 Å². The molecule has 1 N–H and O–H groups in total. The van der Waals surface area contributed by atoms with E-state index in [-0.39, 0.29) is 0 Å². The Kier molecular flexibility index (Phi) is 4.22. The van der Waals surface area contributed by atoms with Gasteiger partial charge in [-0.3, -0.25) is 0 Å². The molecule has 1 aromatic rings. The summed E-state index contributed by atoms with van der Waals surface area (Å²) in [5, 5.41) is 3.78. The Balaban J connectivity index is 1.96. The van der Waals surface area contributed by atoms with Crippen LogP contribution in [0.3, 0.4) is 0 Å². The summed E-state index contributed by atoms with van der Waals surface area (Å²) >= 11 is 0. The minimum absolute atomic E-state index is 0.465. The molecule has 1 fully saturated rings. The third-order valence-electron chi connectivity index (χ3n) is 4.27. The van der Waals surface area contributed by atoms with Gasteiger partial charge >= 0.3 is 0 Å². The molecule has 0 bridgehead atoms. The minimum Gasteiger partial charge on any atom is -0.307 e. The first-order valence-electron chi connectivity index (χ1n) is 7.00. The maximum absolute atomic E-state index is 3.78. The van der Waals surface area contributed by atoms with Gasteiger partial charge in [-0.25, -0.2) is 0 Å². The van der Waals surface area contributed by atoms with E-state index in [9.17, 15) is 0 Å². The lowest BCUT2D eigenvalue weighted by Crippen LogP contribution is -2.34. The second-order valence-electron chi connectivity index (χ2n) is 5.58. The normalized spacial score (nSPS) is 20.4. The van der Waals surface area contributed by atoms with Crippen LogP contribution in [0, 0.1) is 12.8 Å². The van der Waals surface area contributed by atoms with Gasteiger partial charge in [0.05, 0.1) is 0 Å². The molecule has 0 saturated heterocycles. The summed E-state index contributed by atoms with van der Waals surface area (Å²) in [4.78, 5) is 0. The molecule has 0 spiro atoms. The van der Waals surface area contributed by atoms with Crippen molar-refractivity contribution in [1.82, 2.24) is 5.32 Å². The SMILES string of the molecule is Cc1ccccc1C(C)N[C@@H](C)C1CCCC1. The lowest BCUT2D eigenvalue weighted by Gasteiger charge is -2.26. The Morgan fingerprint density at radius 2 is 1.76 bits per heavy atom.